The molecule has 0 saturated heterocycles. The first-order valence-corrected chi connectivity index (χ1v) is 25.3. The molecule has 0 amide bonds. The maximum Gasteiger partial charge on any atom is 0.159 e. The van der Waals surface area contributed by atoms with Gasteiger partial charge >= 0.3 is 0 Å². The number of hydrogen-bond acceptors (Lipinski definition) is 3. The number of nitrogens with zero attached hydrogens (tertiary/aromatic N) is 2. The van der Waals surface area contributed by atoms with Crippen LogP contribution in [0.3, 0.4) is 0 Å². The molecular formula is C58H50N2OSi. The Kier molecular flexibility index (Phi) is 8.65. The van der Waals surface area contributed by atoms with E-state index in [1.54, 1.807) is 0 Å². The van der Waals surface area contributed by atoms with E-state index in [0.29, 0.717) is 0 Å². The topological polar surface area (TPSA) is 19.6 Å². The lowest BCUT2D eigenvalue weighted by Crippen LogP contribution is -2.37. The van der Waals surface area contributed by atoms with Gasteiger partial charge in [-0.15, -0.1) is 0 Å². The summed E-state index contributed by atoms with van der Waals surface area (Å²) in [5, 5.41) is 8.92. The molecule has 1 aliphatic carbocycles. The zero-order chi connectivity index (χ0) is 42.5. The molecule has 0 spiro atoms. The maximum absolute atomic E-state index is 6.67. The highest BCUT2D eigenvalue weighted by molar-refractivity contribution is 6.88. The van der Waals surface area contributed by atoms with Crippen LogP contribution in [0.4, 0.5) is 34.1 Å². The van der Waals surface area contributed by atoms with Crippen molar-refractivity contribution in [3.8, 4) is 11.1 Å². The van der Waals surface area contributed by atoms with Gasteiger partial charge in [0.1, 0.15) is 5.58 Å². The molecule has 4 heteroatoms. The number of aryl methyl sites for hydroxylation is 2. The predicted molar refractivity (Wildman–Crippen MR) is 268 cm³/mol. The van der Waals surface area contributed by atoms with E-state index in [4.69, 9.17) is 4.42 Å². The number of benzene rings is 9. The molecule has 302 valence electrons. The van der Waals surface area contributed by atoms with Gasteiger partial charge in [0.05, 0.1) is 13.8 Å². The van der Waals surface area contributed by atoms with Gasteiger partial charge in [-0.25, -0.2) is 0 Å². The van der Waals surface area contributed by atoms with E-state index in [1.807, 2.05) is 6.07 Å². The second kappa shape index (κ2) is 14.1. The summed E-state index contributed by atoms with van der Waals surface area (Å²) in [6.07, 6.45) is 0. The Morgan fingerprint density at radius 3 is 1.85 bits per heavy atom. The van der Waals surface area contributed by atoms with Gasteiger partial charge in [-0.3, -0.25) is 0 Å². The number of hydrogen-bond donors (Lipinski definition) is 0. The van der Waals surface area contributed by atoms with Gasteiger partial charge < -0.3 is 14.2 Å². The minimum absolute atomic E-state index is 0.284. The number of rotatable bonds is 7. The fourth-order valence-corrected chi connectivity index (χ4v) is 11.3. The number of para-hydroxylation sites is 3. The van der Waals surface area contributed by atoms with Crippen LogP contribution in [-0.2, 0) is 5.41 Å². The van der Waals surface area contributed by atoms with E-state index in [1.165, 1.54) is 65.8 Å². The van der Waals surface area contributed by atoms with Gasteiger partial charge in [0.25, 0.3) is 0 Å². The molecule has 0 atom stereocenters. The highest BCUT2D eigenvalue weighted by atomic mass is 28.3. The number of furan rings is 1. The fraction of sp³-hybridized carbons (Fsp3) is 0.138. The van der Waals surface area contributed by atoms with Gasteiger partial charge in [0, 0.05) is 44.6 Å². The third kappa shape index (κ3) is 5.92. The van der Waals surface area contributed by atoms with Crippen molar-refractivity contribution < 1.29 is 4.42 Å². The van der Waals surface area contributed by atoms with Gasteiger partial charge in [-0.2, -0.15) is 0 Å². The summed E-state index contributed by atoms with van der Waals surface area (Å²) in [4.78, 5) is 4.78. The Bertz CT molecular complexity index is 3370. The molecule has 3 nitrogen and oxygen atoms in total. The highest BCUT2D eigenvalue weighted by Crippen LogP contribution is 2.54. The fourth-order valence-electron chi connectivity index (χ4n) is 10.2. The molecule has 0 bridgehead atoms. The number of fused-ring (bicyclic) bond motifs is 7. The van der Waals surface area contributed by atoms with Crippen molar-refractivity contribution in [1.82, 2.24) is 0 Å². The summed E-state index contributed by atoms with van der Waals surface area (Å²) in [6, 6.07) is 65.0. The second-order valence-electron chi connectivity index (χ2n) is 18.7. The molecular weight excluding hydrogens is 769 g/mol. The molecule has 0 fully saturated rings. The minimum Gasteiger partial charge on any atom is -0.454 e. The predicted octanol–water partition coefficient (Wildman–Crippen LogP) is 16.3. The normalized spacial score (nSPS) is 13.2. The van der Waals surface area contributed by atoms with Crippen molar-refractivity contribution >= 4 is 90.9 Å². The van der Waals surface area contributed by atoms with E-state index in [2.05, 4.69) is 227 Å². The van der Waals surface area contributed by atoms with Gasteiger partial charge in [-0.1, -0.05) is 147 Å². The van der Waals surface area contributed by atoms with E-state index in [0.717, 1.165) is 50.4 Å². The summed E-state index contributed by atoms with van der Waals surface area (Å²) < 4.78 is 6.67. The second-order valence-corrected chi connectivity index (χ2v) is 23.8. The molecule has 0 N–H and O–H groups in total. The molecule has 0 aliphatic heterocycles. The lowest BCUT2D eigenvalue weighted by atomic mass is 9.67. The quantitative estimate of drug-likeness (QED) is 0.118. The summed E-state index contributed by atoms with van der Waals surface area (Å²) in [6.45, 7) is 16.5. The molecule has 0 radical (unpaired) electrons. The van der Waals surface area contributed by atoms with E-state index in [-0.39, 0.29) is 5.41 Å². The van der Waals surface area contributed by atoms with Crippen molar-refractivity contribution in [2.24, 2.45) is 0 Å². The molecule has 1 aliphatic rings. The van der Waals surface area contributed by atoms with Crippen molar-refractivity contribution in [3.63, 3.8) is 0 Å². The van der Waals surface area contributed by atoms with Crippen molar-refractivity contribution in [3.05, 3.63) is 198 Å². The Morgan fingerprint density at radius 1 is 0.468 bits per heavy atom. The lowest BCUT2D eigenvalue weighted by molar-refractivity contribution is 0.645. The van der Waals surface area contributed by atoms with Crippen molar-refractivity contribution in [2.45, 2.75) is 52.8 Å². The molecule has 10 aromatic rings. The van der Waals surface area contributed by atoms with Crippen LogP contribution in [0.2, 0.25) is 19.6 Å². The first-order valence-electron chi connectivity index (χ1n) is 21.8. The average Bonchev–Trinajstić information content (AvgIpc) is 3.67. The third-order valence-corrected chi connectivity index (χ3v) is 15.5. The standard InChI is InChI=1S/C58H50N2OSi/c1-37-23-25-41(26-24-37)60(53-21-14-19-48-46-17-11-12-22-54(46)61-57(48)53)43-30-34-49-52(36-43)58(3,4)51-20-13-18-47-50-35-42(29-33-45(50)38(2)55(49)56(47)51)59(39-15-9-8-10-16-39)40-27-31-44(32-28-40)62(5,6)7/h8-36H,1-7H3. The van der Waals surface area contributed by atoms with E-state index >= 15 is 0 Å². The smallest absolute Gasteiger partial charge is 0.159 e. The SMILES string of the molecule is Cc1ccc(N(c2ccc3c(c2)C(C)(C)c2cccc4c2c-3c(C)c2ccc(N(c3ccccc3)c3ccc([Si](C)(C)C)cc3)cc24)c2cccc3c2oc2ccccc23)cc1. The third-order valence-electron chi connectivity index (χ3n) is 13.4. The van der Waals surface area contributed by atoms with Crippen LogP contribution >= 0.6 is 0 Å². The van der Waals surface area contributed by atoms with Crippen LogP contribution in [-0.4, -0.2) is 8.07 Å². The zero-order valence-corrected chi connectivity index (χ0v) is 37.5. The van der Waals surface area contributed by atoms with Crippen LogP contribution in [0.15, 0.2) is 180 Å². The summed E-state index contributed by atoms with van der Waals surface area (Å²) in [7, 11) is -1.45. The van der Waals surface area contributed by atoms with Gasteiger partial charge in [-0.05, 0) is 136 Å². The zero-order valence-electron chi connectivity index (χ0n) is 36.5. The van der Waals surface area contributed by atoms with Crippen molar-refractivity contribution in [1.29, 1.82) is 0 Å². The van der Waals surface area contributed by atoms with E-state index < -0.39 is 8.07 Å². The summed E-state index contributed by atoms with van der Waals surface area (Å²) in [5.74, 6) is 0. The van der Waals surface area contributed by atoms with Crippen LogP contribution in [0.25, 0.3) is 54.6 Å². The number of anilines is 6. The largest absolute Gasteiger partial charge is 0.454 e. The van der Waals surface area contributed by atoms with E-state index in [9.17, 15) is 0 Å². The molecule has 1 aromatic heterocycles. The Labute approximate surface area is 365 Å². The lowest BCUT2D eigenvalue weighted by Gasteiger charge is -2.37. The Balaban J connectivity index is 1.10. The minimum atomic E-state index is -1.45. The van der Waals surface area contributed by atoms with Gasteiger partial charge in [0.2, 0.25) is 0 Å². The molecule has 62 heavy (non-hydrogen) atoms. The van der Waals surface area contributed by atoms with Crippen LogP contribution in [0.5, 0.6) is 0 Å². The average molecular weight is 819 g/mol. The van der Waals surface area contributed by atoms with Crippen LogP contribution in [0, 0.1) is 13.8 Å². The van der Waals surface area contributed by atoms with Gasteiger partial charge in [0.15, 0.2) is 5.58 Å². The van der Waals surface area contributed by atoms with Crippen molar-refractivity contribution in [2.75, 3.05) is 9.80 Å². The Hall–Kier alpha value is -6.88. The molecule has 0 saturated carbocycles. The summed E-state index contributed by atoms with van der Waals surface area (Å²) in [5.41, 5.74) is 16.0. The molecule has 1 heterocycles. The Morgan fingerprint density at radius 2 is 1.08 bits per heavy atom. The molecule has 0 unspecified atom stereocenters. The molecule has 9 aromatic carbocycles. The highest BCUT2D eigenvalue weighted by Gasteiger charge is 2.36. The summed E-state index contributed by atoms with van der Waals surface area (Å²) >= 11 is 0. The van der Waals surface area contributed by atoms with Crippen LogP contribution in [0.1, 0.15) is 36.1 Å². The maximum atomic E-state index is 6.67. The first-order chi connectivity index (χ1) is 30.0. The van der Waals surface area contributed by atoms with Crippen LogP contribution < -0.4 is 15.0 Å². The first kappa shape index (κ1) is 38.1. The molecule has 11 rings (SSSR count). The monoisotopic (exact) mass is 818 g/mol.